The molecule has 0 fully saturated rings. The Kier molecular flexibility index (Phi) is 8.35. The first-order valence-electron chi connectivity index (χ1n) is 11.6. The molecule has 37 heavy (non-hydrogen) atoms. The minimum Gasteiger partial charge on any atom is -0.381 e. The van der Waals surface area contributed by atoms with E-state index in [4.69, 9.17) is 0 Å². The van der Waals surface area contributed by atoms with Gasteiger partial charge in [-0.2, -0.15) is 26.3 Å². The highest BCUT2D eigenvalue weighted by atomic mass is 19.4. The van der Waals surface area contributed by atoms with Crippen molar-refractivity contribution in [2.24, 2.45) is 5.92 Å². The lowest BCUT2D eigenvalue weighted by Crippen LogP contribution is -2.14. The van der Waals surface area contributed by atoms with Crippen LogP contribution in [-0.2, 0) is 23.7 Å². The lowest BCUT2D eigenvalue weighted by Gasteiger charge is -2.20. The van der Waals surface area contributed by atoms with Gasteiger partial charge >= 0.3 is 12.4 Å². The molecule has 0 spiro atoms. The summed E-state index contributed by atoms with van der Waals surface area (Å²) in [7, 11) is 0. The van der Waals surface area contributed by atoms with E-state index in [0.717, 1.165) is 24.3 Å². The molecule has 1 N–H and O–H groups in total. The maximum absolute atomic E-state index is 13.5. The fourth-order valence-corrected chi connectivity index (χ4v) is 4.15. The van der Waals surface area contributed by atoms with Crippen LogP contribution >= 0.6 is 0 Å². The molecule has 3 aromatic carbocycles. The minimum atomic E-state index is -4.76. The van der Waals surface area contributed by atoms with Gasteiger partial charge < -0.3 is 5.32 Å². The molecule has 0 aliphatic rings. The fraction of sp³-hybridized carbons (Fsp3) is 0.321. The van der Waals surface area contributed by atoms with Crippen LogP contribution in [0.4, 0.5) is 36.4 Å². The van der Waals surface area contributed by atoms with E-state index >= 15 is 0 Å². The number of Topliss-reactive ketones (excluding diaryl/α,β-unsaturated/α-hetero) is 1. The number of hydrogen-bond donors (Lipinski definition) is 1. The zero-order valence-electron chi connectivity index (χ0n) is 20.4. The van der Waals surface area contributed by atoms with Crippen molar-refractivity contribution in [3.05, 3.63) is 88.7 Å². The minimum absolute atomic E-state index is 0.109. The molecule has 0 bridgehead atoms. The van der Waals surface area contributed by atoms with Gasteiger partial charge in [-0.1, -0.05) is 38.1 Å². The van der Waals surface area contributed by atoms with Crippen LogP contribution in [0.2, 0.25) is 0 Å². The van der Waals surface area contributed by atoms with E-state index in [2.05, 4.69) is 5.32 Å². The summed E-state index contributed by atoms with van der Waals surface area (Å²) >= 11 is 0. The van der Waals surface area contributed by atoms with Gasteiger partial charge in [-0.15, -0.1) is 0 Å². The van der Waals surface area contributed by atoms with Crippen molar-refractivity contribution < 1.29 is 35.5 Å². The van der Waals surface area contributed by atoms with Crippen molar-refractivity contribution in [3.8, 4) is 11.1 Å². The van der Waals surface area contributed by atoms with Crippen molar-refractivity contribution in [1.82, 2.24) is 0 Å². The first-order valence-corrected chi connectivity index (χ1v) is 11.6. The van der Waals surface area contributed by atoms with Gasteiger partial charge in [0.25, 0.3) is 0 Å². The second kappa shape index (κ2) is 10.9. The highest BCUT2D eigenvalue weighted by Gasteiger charge is 2.34. The molecular formula is C28H26F7NO. The van der Waals surface area contributed by atoms with E-state index in [-0.39, 0.29) is 23.8 Å². The molecule has 0 aliphatic carbocycles. The maximum Gasteiger partial charge on any atom is 0.416 e. The van der Waals surface area contributed by atoms with Crippen LogP contribution in [-0.4, -0.2) is 5.78 Å². The van der Waals surface area contributed by atoms with E-state index in [1.54, 1.807) is 18.2 Å². The molecule has 0 aliphatic heterocycles. The molecule has 1 atom stereocenters. The third-order valence-electron chi connectivity index (χ3n) is 5.96. The van der Waals surface area contributed by atoms with Gasteiger partial charge in [0.15, 0.2) is 0 Å². The highest BCUT2D eigenvalue weighted by Crippen LogP contribution is 2.36. The number of hydrogen-bond acceptors (Lipinski definition) is 2. The number of carbonyl (C=O) groups is 1. The molecule has 0 saturated carbocycles. The van der Waals surface area contributed by atoms with Crippen LogP contribution in [0.5, 0.6) is 0 Å². The van der Waals surface area contributed by atoms with Gasteiger partial charge in [0, 0.05) is 18.2 Å². The Hall–Kier alpha value is -3.36. The summed E-state index contributed by atoms with van der Waals surface area (Å²) < 4.78 is 92.8. The van der Waals surface area contributed by atoms with Gasteiger partial charge in [-0.05, 0) is 77.9 Å². The molecule has 0 saturated heterocycles. The van der Waals surface area contributed by atoms with Gasteiger partial charge in [0.2, 0.25) is 0 Å². The lowest BCUT2D eigenvalue weighted by atomic mass is 9.85. The highest BCUT2D eigenvalue weighted by molar-refractivity contribution is 5.84. The summed E-state index contributed by atoms with van der Waals surface area (Å²) in [5, 5.41) is 2.91. The SMILES string of the molecule is CC(=O)C(CC(C)C)c1cc(NCc2ccc(F)cc2C(F)(F)F)cc(-c2ccc(C(F)(F)F)cc2)c1. The fourth-order valence-electron chi connectivity index (χ4n) is 4.15. The van der Waals surface area contributed by atoms with E-state index in [1.807, 2.05) is 13.8 Å². The van der Waals surface area contributed by atoms with E-state index in [1.165, 1.54) is 19.1 Å². The third kappa shape index (κ3) is 7.33. The Labute approximate surface area is 210 Å². The number of alkyl halides is 6. The van der Waals surface area contributed by atoms with Crippen molar-refractivity contribution >= 4 is 11.5 Å². The van der Waals surface area contributed by atoms with Crippen LogP contribution in [0, 0.1) is 11.7 Å². The quantitative estimate of drug-likeness (QED) is 0.298. The summed E-state index contributed by atoms with van der Waals surface area (Å²) in [6.07, 6.45) is -8.75. The van der Waals surface area contributed by atoms with Crippen LogP contribution in [0.15, 0.2) is 60.7 Å². The molecule has 0 aromatic heterocycles. The van der Waals surface area contributed by atoms with Gasteiger partial charge in [0.1, 0.15) is 11.6 Å². The lowest BCUT2D eigenvalue weighted by molar-refractivity contribution is -0.138. The van der Waals surface area contributed by atoms with Gasteiger partial charge in [0.05, 0.1) is 11.1 Å². The molecule has 0 heterocycles. The van der Waals surface area contributed by atoms with E-state index in [0.29, 0.717) is 34.9 Å². The second-order valence-corrected chi connectivity index (χ2v) is 9.36. The van der Waals surface area contributed by atoms with Crippen molar-refractivity contribution in [2.75, 3.05) is 5.32 Å². The number of nitrogens with one attached hydrogen (secondary N) is 1. The summed E-state index contributed by atoms with van der Waals surface area (Å²) in [6.45, 7) is 5.04. The van der Waals surface area contributed by atoms with Crippen molar-refractivity contribution in [3.63, 3.8) is 0 Å². The molecule has 3 aromatic rings. The number of carbonyl (C=O) groups excluding carboxylic acids is 1. The molecule has 3 rings (SSSR count). The summed E-state index contributed by atoms with van der Waals surface area (Å²) in [5.74, 6) is -1.47. The average molecular weight is 526 g/mol. The number of anilines is 1. The Morgan fingerprint density at radius 2 is 1.49 bits per heavy atom. The van der Waals surface area contributed by atoms with Crippen LogP contribution in [0.3, 0.4) is 0 Å². The second-order valence-electron chi connectivity index (χ2n) is 9.36. The van der Waals surface area contributed by atoms with Crippen molar-refractivity contribution in [1.29, 1.82) is 0 Å². The van der Waals surface area contributed by atoms with Crippen LogP contribution < -0.4 is 5.32 Å². The third-order valence-corrected chi connectivity index (χ3v) is 5.96. The number of ketones is 1. The Bertz CT molecular complexity index is 1240. The number of rotatable bonds is 8. The summed E-state index contributed by atoms with van der Waals surface area (Å²) in [5.41, 5.74) is -0.193. The largest absolute Gasteiger partial charge is 0.416 e. The Morgan fingerprint density at radius 1 is 0.838 bits per heavy atom. The maximum atomic E-state index is 13.5. The first kappa shape index (κ1) is 28.2. The van der Waals surface area contributed by atoms with Crippen molar-refractivity contribution in [2.45, 2.75) is 52.0 Å². The monoisotopic (exact) mass is 525 g/mol. The normalized spacial score (nSPS) is 13.1. The molecule has 9 heteroatoms. The van der Waals surface area contributed by atoms with Gasteiger partial charge in [-0.3, -0.25) is 4.79 Å². The average Bonchev–Trinajstić information content (AvgIpc) is 2.80. The van der Waals surface area contributed by atoms with E-state index in [9.17, 15) is 35.5 Å². The predicted molar refractivity (Wildman–Crippen MR) is 128 cm³/mol. The zero-order valence-corrected chi connectivity index (χ0v) is 20.4. The van der Waals surface area contributed by atoms with Gasteiger partial charge in [-0.25, -0.2) is 4.39 Å². The molecule has 1 unspecified atom stereocenters. The summed E-state index contributed by atoms with van der Waals surface area (Å²) in [6, 6.07) is 11.9. The van der Waals surface area contributed by atoms with E-state index < -0.39 is 35.2 Å². The topological polar surface area (TPSA) is 29.1 Å². The standard InChI is InChI=1S/C28H26F7NO/c1-16(2)10-25(17(3)37)21-11-20(18-4-7-22(8-5-18)27(30,31)32)12-24(13-21)36-15-19-6-9-23(29)14-26(19)28(33,34)35/h4-9,11-14,16,25,36H,10,15H2,1-3H3. The number of halogens is 7. The molecule has 0 radical (unpaired) electrons. The molecule has 0 amide bonds. The zero-order chi connectivity index (χ0) is 27.5. The first-order chi connectivity index (χ1) is 17.1. The predicted octanol–water partition coefficient (Wildman–Crippen LogP) is 8.86. The number of benzene rings is 3. The van der Waals surface area contributed by atoms with Crippen LogP contribution in [0.25, 0.3) is 11.1 Å². The molecular weight excluding hydrogens is 499 g/mol. The molecule has 2 nitrogen and oxygen atoms in total. The smallest absolute Gasteiger partial charge is 0.381 e. The molecule has 198 valence electrons. The van der Waals surface area contributed by atoms with Crippen LogP contribution in [0.1, 0.15) is 55.4 Å². The Morgan fingerprint density at radius 3 is 2.03 bits per heavy atom. The summed E-state index contributed by atoms with van der Waals surface area (Å²) in [4.78, 5) is 12.5. The Balaban J connectivity index is 2.04.